The fourth-order valence-electron chi connectivity index (χ4n) is 2.05. The van der Waals surface area contributed by atoms with Gasteiger partial charge in [-0.2, -0.15) is 13.9 Å². The van der Waals surface area contributed by atoms with Crippen molar-refractivity contribution in [1.82, 2.24) is 0 Å². The number of hydrazone groups is 1. The summed E-state index contributed by atoms with van der Waals surface area (Å²) >= 11 is 0. The second-order valence-corrected chi connectivity index (χ2v) is 4.82. The zero-order valence-corrected chi connectivity index (χ0v) is 13.5. The van der Waals surface area contributed by atoms with Crippen molar-refractivity contribution in [3.05, 3.63) is 47.5 Å². The number of nitrogens with one attached hydrogen (secondary N) is 1. The van der Waals surface area contributed by atoms with Gasteiger partial charge in [-0.1, -0.05) is 18.2 Å². The fourth-order valence-corrected chi connectivity index (χ4v) is 2.05. The summed E-state index contributed by atoms with van der Waals surface area (Å²) in [5.41, 5.74) is 5.44. The van der Waals surface area contributed by atoms with E-state index < -0.39 is 6.61 Å². The molecule has 2 aromatic rings. The van der Waals surface area contributed by atoms with Crippen molar-refractivity contribution in [3.63, 3.8) is 0 Å². The van der Waals surface area contributed by atoms with Gasteiger partial charge in [-0.3, -0.25) is 5.43 Å². The number of hydrogen-bond acceptors (Lipinski definition) is 5. The van der Waals surface area contributed by atoms with E-state index in [4.69, 9.17) is 9.47 Å². The predicted octanol–water partition coefficient (Wildman–Crippen LogP) is 4.06. The van der Waals surface area contributed by atoms with Crippen LogP contribution >= 0.6 is 0 Å². The third-order valence-electron chi connectivity index (χ3n) is 3.23. The van der Waals surface area contributed by atoms with Gasteiger partial charge in [0.15, 0.2) is 11.5 Å². The lowest BCUT2D eigenvalue weighted by atomic mass is 10.2. The van der Waals surface area contributed by atoms with Crippen LogP contribution in [0.5, 0.6) is 17.2 Å². The Morgan fingerprint density at radius 1 is 1.08 bits per heavy atom. The number of hydrogen-bond donors (Lipinski definition) is 1. The van der Waals surface area contributed by atoms with Gasteiger partial charge >= 0.3 is 6.61 Å². The van der Waals surface area contributed by atoms with Crippen LogP contribution in [0.15, 0.2) is 41.5 Å². The molecule has 1 N–H and O–H groups in total. The highest BCUT2D eigenvalue weighted by molar-refractivity contribution is 5.83. The average Bonchev–Trinajstić information content (AvgIpc) is 2.57. The summed E-state index contributed by atoms with van der Waals surface area (Å²) in [4.78, 5) is 0. The number of para-hydroxylation sites is 1. The molecule has 0 aliphatic carbocycles. The highest BCUT2D eigenvalue weighted by Gasteiger charge is 2.17. The number of benzene rings is 2. The molecular formula is C17H18F2N2O3. The second kappa shape index (κ2) is 8.14. The van der Waals surface area contributed by atoms with Crippen LogP contribution in [0.25, 0.3) is 0 Å². The molecule has 0 saturated carbocycles. The van der Waals surface area contributed by atoms with E-state index in [1.165, 1.54) is 32.6 Å². The van der Waals surface area contributed by atoms with Gasteiger partial charge in [-0.25, -0.2) is 0 Å². The van der Waals surface area contributed by atoms with Crippen LogP contribution < -0.4 is 19.6 Å². The third-order valence-corrected chi connectivity index (χ3v) is 3.23. The summed E-state index contributed by atoms with van der Waals surface area (Å²) in [6, 6.07) is 10.7. The maximum Gasteiger partial charge on any atom is 0.387 e. The number of nitrogens with zero attached hydrogens (tertiary/aromatic N) is 1. The smallest absolute Gasteiger partial charge is 0.387 e. The van der Waals surface area contributed by atoms with Crippen molar-refractivity contribution in [1.29, 1.82) is 0 Å². The van der Waals surface area contributed by atoms with Crippen molar-refractivity contribution in [3.8, 4) is 17.2 Å². The Hall–Kier alpha value is -2.83. The molecule has 2 aromatic carbocycles. The highest BCUT2D eigenvalue weighted by atomic mass is 19.3. The molecule has 0 atom stereocenters. The largest absolute Gasteiger partial charge is 0.493 e. The molecule has 128 valence electrons. The summed E-state index contributed by atoms with van der Waals surface area (Å²) in [5, 5.41) is 4.14. The summed E-state index contributed by atoms with van der Waals surface area (Å²) in [6.45, 7) is -1.02. The molecule has 0 aliphatic rings. The van der Waals surface area contributed by atoms with Crippen LogP contribution in [0.2, 0.25) is 0 Å². The summed E-state index contributed by atoms with van der Waals surface area (Å²) < 4.78 is 39.7. The van der Waals surface area contributed by atoms with Crippen molar-refractivity contribution < 1.29 is 23.0 Å². The fraction of sp³-hybridized carbons (Fsp3) is 0.235. The number of anilines is 1. The lowest BCUT2D eigenvalue weighted by molar-refractivity contribution is -0.0526. The van der Waals surface area contributed by atoms with Crippen LogP contribution in [0.4, 0.5) is 14.5 Å². The second-order valence-electron chi connectivity index (χ2n) is 4.82. The van der Waals surface area contributed by atoms with Crippen LogP contribution in [0, 0.1) is 6.92 Å². The molecule has 0 saturated heterocycles. The van der Waals surface area contributed by atoms with Crippen LogP contribution in [0.3, 0.4) is 0 Å². The maximum atomic E-state index is 12.5. The molecule has 5 nitrogen and oxygen atoms in total. The minimum absolute atomic E-state index is 0.131. The molecule has 0 bridgehead atoms. The summed E-state index contributed by atoms with van der Waals surface area (Å²) in [7, 11) is 2.72. The molecular weight excluding hydrogens is 318 g/mol. The van der Waals surface area contributed by atoms with Gasteiger partial charge in [0.05, 0.1) is 26.1 Å². The average molecular weight is 336 g/mol. The zero-order chi connectivity index (χ0) is 17.5. The molecule has 0 radical (unpaired) electrons. The van der Waals surface area contributed by atoms with Crippen LogP contribution in [-0.4, -0.2) is 27.0 Å². The van der Waals surface area contributed by atoms with E-state index in [2.05, 4.69) is 15.3 Å². The van der Waals surface area contributed by atoms with Gasteiger partial charge in [-0.05, 0) is 30.7 Å². The summed E-state index contributed by atoms with van der Waals surface area (Å²) in [5.74, 6) is 0.109. The van der Waals surface area contributed by atoms with Crippen LogP contribution in [0.1, 0.15) is 11.1 Å². The molecule has 2 rings (SSSR count). The van der Waals surface area contributed by atoms with E-state index in [1.807, 2.05) is 31.2 Å². The predicted molar refractivity (Wildman–Crippen MR) is 88.6 cm³/mol. The summed E-state index contributed by atoms with van der Waals surface area (Å²) in [6.07, 6.45) is 1.53. The molecule has 7 heteroatoms. The van der Waals surface area contributed by atoms with Gasteiger partial charge in [0.1, 0.15) is 0 Å². The number of aryl methyl sites for hydroxylation is 1. The topological polar surface area (TPSA) is 52.1 Å². The first-order valence-corrected chi connectivity index (χ1v) is 7.10. The van der Waals surface area contributed by atoms with Gasteiger partial charge in [0.2, 0.25) is 5.75 Å². The number of rotatable bonds is 7. The molecule has 0 amide bonds. The van der Waals surface area contributed by atoms with Gasteiger partial charge in [0, 0.05) is 5.56 Å². The first-order chi connectivity index (χ1) is 11.5. The molecule has 0 heterocycles. The van der Waals surface area contributed by atoms with E-state index >= 15 is 0 Å². The van der Waals surface area contributed by atoms with E-state index in [9.17, 15) is 8.78 Å². The number of methoxy groups -OCH3 is 2. The lowest BCUT2D eigenvalue weighted by Crippen LogP contribution is -2.06. The molecule has 0 fully saturated rings. The van der Waals surface area contributed by atoms with E-state index in [1.54, 1.807) is 0 Å². The van der Waals surface area contributed by atoms with Gasteiger partial charge < -0.3 is 14.2 Å². The number of ether oxygens (including phenoxy) is 3. The Kier molecular flexibility index (Phi) is 5.95. The van der Waals surface area contributed by atoms with Crippen molar-refractivity contribution in [2.45, 2.75) is 13.5 Å². The first-order valence-electron chi connectivity index (χ1n) is 7.10. The SMILES string of the molecule is COc1cc(/C=N\Nc2ccccc2C)cc(OC)c1OC(F)F. The number of halogens is 2. The molecule has 24 heavy (non-hydrogen) atoms. The van der Waals surface area contributed by atoms with Crippen molar-refractivity contribution in [2.24, 2.45) is 5.10 Å². The van der Waals surface area contributed by atoms with E-state index in [-0.39, 0.29) is 17.2 Å². The molecule has 0 aromatic heterocycles. The normalized spacial score (nSPS) is 10.9. The van der Waals surface area contributed by atoms with Crippen molar-refractivity contribution in [2.75, 3.05) is 19.6 Å². The molecule has 0 spiro atoms. The lowest BCUT2D eigenvalue weighted by Gasteiger charge is -2.14. The Morgan fingerprint density at radius 2 is 1.71 bits per heavy atom. The Morgan fingerprint density at radius 3 is 2.25 bits per heavy atom. The Bertz CT molecular complexity index is 696. The van der Waals surface area contributed by atoms with Crippen LogP contribution in [-0.2, 0) is 0 Å². The van der Waals surface area contributed by atoms with Gasteiger partial charge in [-0.15, -0.1) is 0 Å². The van der Waals surface area contributed by atoms with Crippen molar-refractivity contribution >= 4 is 11.9 Å². The zero-order valence-electron chi connectivity index (χ0n) is 13.5. The van der Waals surface area contributed by atoms with E-state index in [0.717, 1.165) is 11.3 Å². The quantitative estimate of drug-likeness (QED) is 0.612. The standard InChI is InChI=1S/C17H18F2N2O3/c1-11-6-4-5-7-13(11)21-20-10-12-8-14(22-2)16(24-17(18)19)15(9-12)23-3/h4-10,17,21H,1-3H3/b20-10-. The third kappa shape index (κ3) is 4.34. The Balaban J connectivity index is 2.24. The Labute approximate surface area is 138 Å². The van der Waals surface area contributed by atoms with Gasteiger partial charge in [0.25, 0.3) is 0 Å². The maximum absolute atomic E-state index is 12.5. The minimum Gasteiger partial charge on any atom is -0.493 e. The number of alkyl halides is 2. The minimum atomic E-state index is -2.98. The van der Waals surface area contributed by atoms with E-state index in [0.29, 0.717) is 5.56 Å². The monoisotopic (exact) mass is 336 g/mol. The molecule has 0 unspecified atom stereocenters. The first kappa shape index (κ1) is 17.5. The molecule has 0 aliphatic heterocycles. The highest BCUT2D eigenvalue weighted by Crippen LogP contribution is 2.39.